The third kappa shape index (κ3) is 4.90. The lowest BCUT2D eigenvalue weighted by Crippen LogP contribution is -2.21. The Hall–Kier alpha value is -2.19. The number of amides is 1. The van der Waals surface area contributed by atoms with Crippen molar-refractivity contribution in [3.63, 3.8) is 0 Å². The Labute approximate surface area is 147 Å². The van der Waals surface area contributed by atoms with Gasteiger partial charge in [0.25, 0.3) is 5.91 Å². The molecule has 0 radical (unpaired) electrons. The first-order valence-corrected chi connectivity index (χ1v) is 9.47. The number of rotatable bonds is 5. The molecule has 2 aromatic rings. The highest BCUT2D eigenvalue weighted by atomic mass is 79.9. The second kappa shape index (κ2) is 7.59. The van der Waals surface area contributed by atoms with Crippen LogP contribution in [0, 0.1) is 0 Å². The molecule has 0 fully saturated rings. The van der Waals surface area contributed by atoms with Crippen molar-refractivity contribution < 1.29 is 22.7 Å². The summed E-state index contributed by atoms with van der Waals surface area (Å²) < 4.78 is 29.1. The van der Waals surface area contributed by atoms with Crippen LogP contribution in [0.15, 0.2) is 57.9 Å². The van der Waals surface area contributed by atoms with Crippen LogP contribution in [0.1, 0.15) is 10.4 Å². The molecule has 126 valence electrons. The van der Waals surface area contributed by atoms with E-state index in [2.05, 4.69) is 21.2 Å². The van der Waals surface area contributed by atoms with Gasteiger partial charge in [-0.05, 0) is 36.4 Å². The standard InChI is InChI=1S/C16H14BrNO5S/c1-24(21,22)14-5-3-2-4-13(14)16(20)23-10-15(19)18-12-8-6-11(17)7-9-12/h2-9H,10H2,1H3,(H,18,19). The largest absolute Gasteiger partial charge is 0.452 e. The number of nitrogens with one attached hydrogen (secondary N) is 1. The molecule has 0 atom stereocenters. The van der Waals surface area contributed by atoms with Gasteiger partial charge in [-0.25, -0.2) is 13.2 Å². The van der Waals surface area contributed by atoms with Gasteiger partial charge in [-0.3, -0.25) is 4.79 Å². The highest BCUT2D eigenvalue weighted by Gasteiger charge is 2.20. The summed E-state index contributed by atoms with van der Waals surface area (Å²) in [7, 11) is -3.58. The summed E-state index contributed by atoms with van der Waals surface area (Å²) in [6.45, 7) is -0.521. The lowest BCUT2D eigenvalue weighted by molar-refractivity contribution is -0.119. The van der Waals surface area contributed by atoms with Crippen LogP contribution < -0.4 is 5.32 Å². The molecule has 0 aromatic heterocycles. The average molecular weight is 412 g/mol. The molecule has 24 heavy (non-hydrogen) atoms. The number of benzene rings is 2. The summed E-state index contributed by atoms with van der Waals surface area (Å²) in [5, 5.41) is 2.57. The van der Waals surface area contributed by atoms with Crippen LogP contribution in [-0.2, 0) is 19.4 Å². The second-order valence-corrected chi connectivity index (χ2v) is 7.80. The maximum atomic E-state index is 12.0. The zero-order valence-corrected chi connectivity index (χ0v) is 15.1. The Morgan fingerprint density at radius 3 is 2.33 bits per heavy atom. The lowest BCUT2D eigenvalue weighted by Gasteiger charge is -2.09. The predicted octanol–water partition coefficient (Wildman–Crippen LogP) is 2.65. The van der Waals surface area contributed by atoms with Crippen molar-refractivity contribution in [2.75, 3.05) is 18.2 Å². The Balaban J connectivity index is 2.01. The van der Waals surface area contributed by atoms with Gasteiger partial charge in [-0.2, -0.15) is 0 Å². The number of sulfone groups is 1. The van der Waals surface area contributed by atoms with Crippen LogP contribution in [0.4, 0.5) is 5.69 Å². The number of ether oxygens (including phenoxy) is 1. The van der Waals surface area contributed by atoms with Crippen molar-refractivity contribution in [1.29, 1.82) is 0 Å². The van der Waals surface area contributed by atoms with Gasteiger partial charge in [-0.1, -0.05) is 28.1 Å². The number of esters is 1. The highest BCUT2D eigenvalue weighted by molar-refractivity contribution is 9.10. The number of carbonyl (C=O) groups is 2. The minimum atomic E-state index is -3.58. The summed E-state index contributed by atoms with van der Waals surface area (Å²) >= 11 is 3.28. The van der Waals surface area contributed by atoms with Crippen molar-refractivity contribution in [2.24, 2.45) is 0 Å². The van der Waals surface area contributed by atoms with Crippen LogP contribution >= 0.6 is 15.9 Å². The first-order chi connectivity index (χ1) is 11.3. The molecule has 0 aliphatic carbocycles. The maximum Gasteiger partial charge on any atom is 0.339 e. The van der Waals surface area contributed by atoms with Crippen molar-refractivity contribution >= 4 is 43.3 Å². The van der Waals surface area contributed by atoms with E-state index in [1.807, 2.05) is 0 Å². The monoisotopic (exact) mass is 411 g/mol. The predicted molar refractivity (Wildman–Crippen MR) is 92.6 cm³/mol. The van der Waals surface area contributed by atoms with Crippen molar-refractivity contribution in [2.45, 2.75) is 4.90 Å². The molecule has 0 saturated heterocycles. The summed E-state index contributed by atoms with van der Waals surface area (Å²) in [4.78, 5) is 23.7. The molecule has 2 rings (SSSR count). The van der Waals surface area contributed by atoms with Crippen LogP contribution in [0.2, 0.25) is 0 Å². The molecular weight excluding hydrogens is 398 g/mol. The molecule has 1 amide bonds. The molecule has 0 heterocycles. The molecule has 1 N–H and O–H groups in total. The van der Waals surface area contributed by atoms with Crippen LogP contribution in [0.3, 0.4) is 0 Å². The lowest BCUT2D eigenvalue weighted by atomic mass is 10.2. The fourth-order valence-corrected chi connectivity index (χ4v) is 3.04. The highest BCUT2D eigenvalue weighted by Crippen LogP contribution is 2.17. The molecule has 2 aromatic carbocycles. The fourth-order valence-electron chi connectivity index (χ4n) is 1.90. The first-order valence-electron chi connectivity index (χ1n) is 6.79. The molecule has 6 nitrogen and oxygen atoms in total. The Bertz CT molecular complexity index is 862. The first kappa shape index (κ1) is 18.2. The SMILES string of the molecule is CS(=O)(=O)c1ccccc1C(=O)OCC(=O)Nc1ccc(Br)cc1. The zero-order chi connectivity index (χ0) is 17.7. The molecule has 8 heteroatoms. The van der Waals surface area contributed by atoms with E-state index in [-0.39, 0.29) is 10.5 Å². The van der Waals surface area contributed by atoms with Gasteiger partial charge in [0.15, 0.2) is 16.4 Å². The minimum Gasteiger partial charge on any atom is -0.452 e. The maximum absolute atomic E-state index is 12.0. The van der Waals surface area contributed by atoms with Gasteiger partial charge in [0.1, 0.15) is 0 Å². The van der Waals surface area contributed by atoms with E-state index in [1.165, 1.54) is 24.3 Å². The normalized spacial score (nSPS) is 10.9. The topological polar surface area (TPSA) is 89.5 Å². The summed E-state index contributed by atoms with van der Waals surface area (Å²) in [6, 6.07) is 12.6. The molecular formula is C16H14BrNO5S. The molecule has 0 spiro atoms. The summed E-state index contributed by atoms with van der Waals surface area (Å²) in [5.41, 5.74) is 0.451. The van der Waals surface area contributed by atoms with Crippen LogP contribution in [0.25, 0.3) is 0 Å². The van der Waals surface area contributed by atoms with Gasteiger partial charge < -0.3 is 10.1 Å². The Morgan fingerprint density at radius 1 is 1.08 bits per heavy atom. The van der Waals surface area contributed by atoms with Crippen LogP contribution in [0.5, 0.6) is 0 Å². The minimum absolute atomic E-state index is 0.101. The third-order valence-electron chi connectivity index (χ3n) is 2.97. The Kier molecular flexibility index (Phi) is 5.74. The Morgan fingerprint density at radius 2 is 1.71 bits per heavy atom. The third-order valence-corrected chi connectivity index (χ3v) is 4.65. The van der Waals surface area contributed by atoms with Gasteiger partial charge in [0, 0.05) is 16.4 Å². The molecule has 0 saturated carbocycles. The molecule has 0 bridgehead atoms. The van der Waals surface area contributed by atoms with E-state index in [0.717, 1.165) is 10.7 Å². The number of carbonyl (C=O) groups excluding carboxylic acids is 2. The number of hydrogen-bond acceptors (Lipinski definition) is 5. The average Bonchev–Trinajstić information content (AvgIpc) is 2.54. The molecule has 0 aliphatic rings. The van der Waals surface area contributed by atoms with E-state index in [4.69, 9.17) is 4.74 Å². The quantitative estimate of drug-likeness (QED) is 0.763. The molecule has 0 unspecified atom stereocenters. The number of halogens is 1. The molecule has 0 aliphatic heterocycles. The van der Waals surface area contributed by atoms with Crippen LogP contribution in [-0.4, -0.2) is 33.2 Å². The van der Waals surface area contributed by atoms with Crippen molar-refractivity contribution in [1.82, 2.24) is 0 Å². The van der Waals surface area contributed by atoms with E-state index in [1.54, 1.807) is 24.3 Å². The smallest absolute Gasteiger partial charge is 0.339 e. The van der Waals surface area contributed by atoms with Gasteiger partial charge in [0.2, 0.25) is 0 Å². The van der Waals surface area contributed by atoms with Gasteiger partial charge in [0.05, 0.1) is 10.5 Å². The van der Waals surface area contributed by atoms with Gasteiger partial charge in [-0.15, -0.1) is 0 Å². The van der Waals surface area contributed by atoms with E-state index >= 15 is 0 Å². The van der Waals surface area contributed by atoms with E-state index < -0.39 is 28.3 Å². The van der Waals surface area contributed by atoms with E-state index in [0.29, 0.717) is 5.69 Å². The number of hydrogen-bond donors (Lipinski definition) is 1. The summed E-state index contributed by atoms with van der Waals surface area (Å²) in [6.07, 6.45) is 0.999. The fraction of sp³-hybridized carbons (Fsp3) is 0.125. The zero-order valence-electron chi connectivity index (χ0n) is 12.7. The summed E-state index contributed by atoms with van der Waals surface area (Å²) in [5.74, 6) is -1.40. The van der Waals surface area contributed by atoms with Crippen molar-refractivity contribution in [3.8, 4) is 0 Å². The second-order valence-electron chi connectivity index (χ2n) is 4.90. The van der Waals surface area contributed by atoms with Gasteiger partial charge >= 0.3 is 5.97 Å². The number of anilines is 1. The van der Waals surface area contributed by atoms with E-state index in [9.17, 15) is 18.0 Å². The van der Waals surface area contributed by atoms with Crippen molar-refractivity contribution in [3.05, 3.63) is 58.6 Å².